The third-order valence-corrected chi connectivity index (χ3v) is 2.61. The van der Waals surface area contributed by atoms with Crippen LogP contribution < -0.4 is 9.47 Å². The first-order valence-electron chi connectivity index (χ1n) is 5.31. The van der Waals surface area contributed by atoms with E-state index in [1.807, 2.05) is 0 Å². The Balaban J connectivity index is 2.50. The topological polar surface area (TPSA) is 80.1 Å². The van der Waals surface area contributed by atoms with Crippen molar-refractivity contribution in [2.24, 2.45) is 0 Å². The van der Waals surface area contributed by atoms with Crippen LogP contribution in [-0.4, -0.2) is 32.4 Å². The maximum absolute atomic E-state index is 11.0. The predicted octanol–water partition coefficient (Wildman–Crippen LogP) is 1.66. The van der Waals surface area contributed by atoms with Gasteiger partial charge in [-0.25, -0.2) is 0 Å². The van der Waals surface area contributed by atoms with Crippen molar-refractivity contribution in [3.05, 3.63) is 27.8 Å². The van der Waals surface area contributed by atoms with Crippen molar-refractivity contribution in [1.29, 1.82) is 0 Å². The molecule has 0 N–H and O–H groups in total. The molecule has 1 saturated heterocycles. The number of nitro groups is 1. The molecule has 18 heavy (non-hydrogen) atoms. The molecule has 0 spiro atoms. The molecular weight excluding hydrogens is 242 g/mol. The minimum atomic E-state index is -0.731. The van der Waals surface area contributed by atoms with Crippen LogP contribution in [0.5, 0.6) is 11.5 Å². The highest BCUT2D eigenvalue weighted by Gasteiger charge is 2.29. The SMILES string of the molecule is COc1cc(C2OCCO2)c([N+](=O)[O-])cc1OC. The summed E-state index contributed by atoms with van der Waals surface area (Å²) in [6.07, 6.45) is -0.731. The second-order valence-corrected chi connectivity index (χ2v) is 3.60. The van der Waals surface area contributed by atoms with Crippen LogP contribution in [0.4, 0.5) is 5.69 Å². The number of methoxy groups -OCH3 is 2. The summed E-state index contributed by atoms with van der Waals surface area (Å²) in [5.74, 6) is 0.697. The lowest BCUT2D eigenvalue weighted by Gasteiger charge is -2.13. The van der Waals surface area contributed by atoms with Gasteiger partial charge in [0.15, 0.2) is 17.8 Å². The molecule has 1 fully saturated rings. The lowest BCUT2D eigenvalue weighted by molar-refractivity contribution is -0.386. The zero-order valence-electron chi connectivity index (χ0n) is 10.0. The Bertz CT molecular complexity index is 455. The first-order valence-corrected chi connectivity index (χ1v) is 5.31. The van der Waals surface area contributed by atoms with Crippen LogP contribution in [0, 0.1) is 10.1 Å². The molecule has 0 aromatic heterocycles. The van der Waals surface area contributed by atoms with Gasteiger partial charge < -0.3 is 18.9 Å². The number of ether oxygens (including phenoxy) is 4. The summed E-state index contributed by atoms with van der Waals surface area (Å²) in [5.41, 5.74) is 0.217. The molecule has 7 nitrogen and oxygen atoms in total. The molecule has 0 bridgehead atoms. The van der Waals surface area contributed by atoms with E-state index in [4.69, 9.17) is 18.9 Å². The van der Waals surface area contributed by atoms with Gasteiger partial charge in [0, 0.05) is 0 Å². The Morgan fingerprint density at radius 2 is 1.78 bits per heavy atom. The maximum atomic E-state index is 11.0. The van der Waals surface area contributed by atoms with Crippen molar-refractivity contribution in [3.63, 3.8) is 0 Å². The van der Waals surface area contributed by atoms with Crippen LogP contribution >= 0.6 is 0 Å². The first kappa shape index (κ1) is 12.6. The minimum absolute atomic E-state index is 0.112. The van der Waals surface area contributed by atoms with Gasteiger partial charge >= 0.3 is 0 Å². The number of benzene rings is 1. The monoisotopic (exact) mass is 255 g/mol. The molecule has 7 heteroatoms. The fourth-order valence-corrected chi connectivity index (χ4v) is 1.77. The van der Waals surface area contributed by atoms with Crippen LogP contribution in [0.3, 0.4) is 0 Å². The highest BCUT2D eigenvalue weighted by molar-refractivity contribution is 5.54. The largest absolute Gasteiger partial charge is 0.493 e. The van der Waals surface area contributed by atoms with Crippen LogP contribution in [0.1, 0.15) is 11.9 Å². The molecule has 1 heterocycles. The van der Waals surface area contributed by atoms with Crippen LogP contribution in [0.25, 0.3) is 0 Å². The Hall–Kier alpha value is -1.86. The van der Waals surface area contributed by atoms with E-state index in [-0.39, 0.29) is 5.69 Å². The lowest BCUT2D eigenvalue weighted by Crippen LogP contribution is -2.05. The molecule has 0 radical (unpaired) electrons. The fourth-order valence-electron chi connectivity index (χ4n) is 1.77. The number of nitro benzene ring substituents is 1. The summed E-state index contributed by atoms with van der Waals surface area (Å²) < 4.78 is 20.7. The Morgan fingerprint density at radius 3 is 2.28 bits per heavy atom. The van der Waals surface area contributed by atoms with Gasteiger partial charge in [-0.05, 0) is 6.07 Å². The Labute approximate surface area is 103 Å². The fraction of sp³-hybridized carbons (Fsp3) is 0.455. The second kappa shape index (κ2) is 5.19. The van der Waals surface area contributed by atoms with Crippen molar-refractivity contribution in [2.45, 2.75) is 6.29 Å². The van der Waals surface area contributed by atoms with Crippen molar-refractivity contribution in [2.75, 3.05) is 27.4 Å². The molecule has 1 aliphatic heterocycles. The van der Waals surface area contributed by atoms with Gasteiger partial charge in [0.2, 0.25) is 0 Å². The lowest BCUT2D eigenvalue weighted by atomic mass is 10.1. The smallest absolute Gasteiger partial charge is 0.281 e. The number of hydrogen-bond donors (Lipinski definition) is 0. The average molecular weight is 255 g/mol. The molecule has 0 saturated carbocycles. The van der Waals surface area contributed by atoms with E-state index in [1.54, 1.807) is 0 Å². The number of hydrogen-bond acceptors (Lipinski definition) is 6. The maximum Gasteiger partial charge on any atom is 0.281 e. The third kappa shape index (κ3) is 2.22. The highest BCUT2D eigenvalue weighted by Crippen LogP contribution is 2.39. The predicted molar refractivity (Wildman–Crippen MR) is 60.8 cm³/mol. The first-order chi connectivity index (χ1) is 8.67. The van der Waals surface area contributed by atoms with E-state index < -0.39 is 11.2 Å². The van der Waals surface area contributed by atoms with Crippen LogP contribution in [-0.2, 0) is 9.47 Å². The van der Waals surface area contributed by atoms with E-state index in [0.717, 1.165) is 0 Å². The van der Waals surface area contributed by atoms with Gasteiger partial charge in [-0.3, -0.25) is 10.1 Å². The normalized spacial score (nSPS) is 15.7. The van der Waals surface area contributed by atoms with Gasteiger partial charge in [0.25, 0.3) is 5.69 Å². The van der Waals surface area contributed by atoms with Crippen LogP contribution in [0.2, 0.25) is 0 Å². The van der Waals surface area contributed by atoms with Crippen molar-refractivity contribution >= 4 is 5.69 Å². The molecule has 0 aliphatic carbocycles. The quantitative estimate of drug-likeness (QED) is 0.601. The molecular formula is C11H13NO6. The average Bonchev–Trinajstić information content (AvgIpc) is 2.90. The van der Waals surface area contributed by atoms with E-state index in [1.165, 1.54) is 26.4 Å². The highest BCUT2D eigenvalue weighted by atomic mass is 16.7. The molecule has 1 aromatic rings. The number of nitrogens with zero attached hydrogens (tertiary/aromatic N) is 1. The second-order valence-electron chi connectivity index (χ2n) is 3.60. The van der Waals surface area contributed by atoms with Gasteiger partial charge in [-0.15, -0.1) is 0 Å². The van der Waals surface area contributed by atoms with E-state index in [2.05, 4.69) is 0 Å². The summed E-state index contributed by atoms with van der Waals surface area (Å²) in [7, 11) is 2.88. The van der Waals surface area contributed by atoms with Gasteiger partial charge in [0.05, 0.1) is 44.0 Å². The molecule has 2 rings (SSSR count). The Kier molecular flexibility index (Phi) is 3.63. The zero-order chi connectivity index (χ0) is 13.1. The van der Waals surface area contributed by atoms with Crippen molar-refractivity contribution in [3.8, 4) is 11.5 Å². The summed E-state index contributed by atoms with van der Waals surface area (Å²) in [6.45, 7) is 0.826. The zero-order valence-corrected chi connectivity index (χ0v) is 10.0. The summed E-state index contributed by atoms with van der Waals surface area (Å²) in [4.78, 5) is 10.5. The third-order valence-electron chi connectivity index (χ3n) is 2.61. The molecule has 0 unspecified atom stereocenters. The van der Waals surface area contributed by atoms with E-state index in [9.17, 15) is 10.1 Å². The Morgan fingerprint density at radius 1 is 1.22 bits per heavy atom. The van der Waals surface area contributed by atoms with Crippen molar-refractivity contribution < 1.29 is 23.9 Å². The van der Waals surface area contributed by atoms with Gasteiger partial charge in [-0.2, -0.15) is 0 Å². The minimum Gasteiger partial charge on any atom is -0.493 e. The molecule has 1 aliphatic rings. The summed E-state index contributed by atoms with van der Waals surface area (Å²) >= 11 is 0. The molecule has 1 aromatic carbocycles. The standard InChI is InChI=1S/C11H13NO6/c1-15-9-5-7(11-17-3-4-18-11)8(12(13)14)6-10(9)16-2/h5-6,11H,3-4H2,1-2H3. The summed E-state index contributed by atoms with van der Waals surface area (Å²) in [5, 5.41) is 11.0. The van der Waals surface area contributed by atoms with Crippen LogP contribution in [0.15, 0.2) is 12.1 Å². The number of rotatable bonds is 4. The van der Waals surface area contributed by atoms with E-state index >= 15 is 0 Å². The van der Waals surface area contributed by atoms with Crippen molar-refractivity contribution in [1.82, 2.24) is 0 Å². The van der Waals surface area contributed by atoms with Gasteiger partial charge in [0.1, 0.15) is 0 Å². The van der Waals surface area contributed by atoms with Gasteiger partial charge in [-0.1, -0.05) is 0 Å². The molecule has 0 amide bonds. The van der Waals surface area contributed by atoms with E-state index in [0.29, 0.717) is 30.3 Å². The summed E-state index contributed by atoms with van der Waals surface area (Å²) in [6, 6.07) is 2.81. The molecule has 98 valence electrons. The molecule has 0 atom stereocenters.